The van der Waals surface area contributed by atoms with Crippen LogP contribution in [0.5, 0.6) is 0 Å². The van der Waals surface area contributed by atoms with Crippen LogP contribution in [0.2, 0.25) is 10.0 Å². The molecule has 116 valence electrons. The largest absolute Gasteiger partial charge is 0.345 e. The molecular formula is C18H14Cl2N2O. The first-order chi connectivity index (χ1) is 11.0. The molecule has 0 unspecified atom stereocenters. The van der Waals surface area contributed by atoms with E-state index in [1.165, 1.54) is 6.08 Å². The zero-order chi connectivity index (χ0) is 16.8. The van der Waals surface area contributed by atoms with Gasteiger partial charge >= 0.3 is 0 Å². The minimum absolute atomic E-state index is 0.00571. The average molecular weight is 345 g/mol. The summed E-state index contributed by atoms with van der Waals surface area (Å²) in [7, 11) is 0. The van der Waals surface area contributed by atoms with Crippen molar-refractivity contribution in [2.24, 2.45) is 0 Å². The molecule has 0 bridgehead atoms. The van der Waals surface area contributed by atoms with Crippen LogP contribution in [0, 0.1) is 11.3 Å². The molecule has 1 N–H and O–H groups in total. The zero-order valence-electron chi connectivity index (χ0n) is 12.4. The summed E-state index contributed by atoms with van der Waals surface area (Å²) in [5, 5.41) is 12.8. The molecule has 0 saturated heterocycles. The van der Waals surface area contributed by atoms with Crippen molar-refractivity contribution in [1.29, 1.82) is 5.26 Å². The van der Waals surface area contributed by atoms with E-state index >= 15 is 0 Å². The van der Waals surface area contributed by atoms with Crippen LogP contribution in [-0.4, -0.2) is 5.91 Å². The fraction of sp³-hybridized carbons (Fsp3) is 0.111. The van der Waals surface area contributed by atoms with Gasteiger partial charge < -0.3 is 5.32 Å². The standard InChI is InChI=1S/C18H14Cl2N2O/c1-12(14-5-3-2-4-6-14)22-18(23)15(11-21)9-13-7-8-16(19)17(20)10-13/h2-10,12H,1H3,(H,22,23)/t12-/m0/s1. The molecule has 0 fully saturated rings. The molecule has 3 nitrogen and oxygen atoms in total. The van der Waals surface area contributed by atoms with Gasteiger partial charge in [0.15, 0.2) is 0 Å². The molecule has 0 aromatic heterocycles. The lowest BCUT2D eigenvalue weighted by molar-refractivity contribution is -0.117. The summed E-state index contributed by atoms with van der Waals surface area (Å²) in [5.74, 6) is -0.435. The molecule has 2 rings (SSSR count). The van der Waals surface area contributed by atoms with Crippen molar-refractivity contribution in [3.05, 3.63) is 75.3 Å². The van der Waals surface area contributed by atoms with Crippen molar-refractivity contribution in [2.45, 2.75) is 13.0 Å². The van der Waals surface area contributed by atoms with Gasteiger partial charge in [-0.15, -0.1) is 0 Å². The summed E-state index contributed by atoms with van der Waals surface area (Å²) in [5.41, 5.74) is 1.61. The zero-order valence-corrected chi connectivity index (χ0v) is 13.9. The van der Waals surface area contributed by atoms with Crippen LogP contribution in [0.4, 0.5) is 0 Å². The molecule has 0 saturated carbocycles. The van der Waals surface area contributed by atoms with Gasteiger partial charge in [0.25, 0.3) is 5.91 Å². The summed E-state index contributed by atoms with van der Waals surface area (Å²) >= 11 is 11.8. The molecule has 1 amide bonds. The number of halogens is 2. The molecule has 0 radical (unpaired) electrons. The third kappa shape index (κ3) is 4.59. The quantitative estimate of drug-likeness (QED) is 0.641. The van der Waals surface area contributed by atoms with Crippen molar-refractivity contribution in [2.75, 3.05) is 0 Å². The Morgan fingerprint density at radius 1 is 1.17 bits per heavy atom. The number of hydrogen-bond acceptors (Lipinski definition) is 2. The summed E-state index contributed by atoms with van der Waals surface area (Å²) in [6.07, 6.45) is 1.48. The van der Waals surface area contributed by atoms with Crippen molar-refractivity contribution < 1.29 is 4.79 Å². The van der Waals surface area contributed by atoms with E-state index in [1.54, 1.807) is 18.2 Å². The summed E-state index contributed by atoms with van der Waals surface area (Å²) in [4.78, 5) is 12.3. The van der Waals surface area contributed by atoms with Crippen LogP contribution in [-0.2, 0) is 4.79 Å². The molecule has 23 heavy (non-hydrogen) atoms. The molecule has 0 spiro atoms. The van der Waals surface area contributed by atoms with Crippen LogP contribution in [0.25, 0.3) is 6.08 Å². The van der Waals surface area contributed by atoms with E-state index < -0.39 is 5.91 Å². The predicted octanol–water partition coefficient (Wildman–Crippen LogP) is 4.78. The highest BCUT2D eigenvalue weighted by Crippen LogP contribution is 2.23. The highest BCUT2D eigenvalue weighted by atomic mass is 35.5. The maximum atomic E-state index is 12.3. The van der Waals surface area contributed by atoms with Gasteiger partial charge in [0.2, 0.25) is 0 Å². The molecule has 0 aliphatic carbocycles. The maximum absolute atomic E-state index is 12.3. The average Bonchev–Trinajstić information content (AvgIpc) is 2.56. The second-order valence-corrected chi connectivity index (χ2v) is 5.76. The number of nitriles is 1. The number of benzene rings is 2. The fourth-order valence-electron chi connectivity index (χ4n) is 2.02. The molecule has 0 aliphatic rings. The summed E-state index contributed by atoms with van der Waals surface area (Å²) < 4.78 is 0. The maximum Gasteiger partial charge on any atom is 0.262 e. The van der Waals surface area contributed by atoms with E-state index in [4.69, 9.17) is 23.2 Å². The first-order valence-electron chi connectivity index (χ1n) is 6.94. The Morgan fingerprint density at radius 3 is 2.48 bits per heavy atom. The SMILES string of the molecule is C[C@H](NC(=O)C(C#N)=Cc1ccc(Cl)c(Cl)c1)c1ccccc1. The third-order valence-corrected chi connectivity index (χ3v) is 4.01. The van der Waals surface area contributed by atoms with Gasteiger partial charge in [-0.2, -0.15) is 5.26 Å². The van der Waals surface area contributed by atoms with Gasteiger partial charge in [0, 0.05) is 0 Å². The first kappa shape index (κ1) is 17.1. The fourth-order valence-corrected chi connectivity index (χ4v) is 2.32. The first-order valence-corrected chi connectivity index (χ1v) is 7.69. The van der Waals surface area contributed by atoms with E-state index in [0.29, 0.717) is 15.6 Å². The number of carbonyl (C=O) groups is 1. The molecular weight excluding hydrogens is 331 g/mol. The Hall–Kier alpha value is -2.28. The van der Waals surface area contributed by atoms with E-state index in [2.05, 4.69) is 5.32 Å². The molecule has 2 aromatic carbocycles. The van der Waals surface area contributed by atoms with Crippen LogP contribution in [0.15, 0.2) is 54.1 Å². The minimum atomic E-state index is -0.435. The van der Waals surface area contributed by atoms with Crippen molar-refractivity contribution in [1.82, 2.24) is 5.32 Å². The van der Waals surface area contributed by atoms with Crippen LogP contribution >= 0.6 is 23.2 Å². The molecule has 2 aromatic rings. The van der Waals surface area contributed by atoms with Crippen LogP contribution in [0.3, 0.4) is 0 Å². The summed E-state index contributed by atoms with van der Waals surface area (Å²) in [6.45, 7) is 1.86. The van der Waals surface area contributed by atoms with Gasteiger partial charge in [-0.1, -0.05) is 59.6 Å². The number of nitrogens with one attached hydrogen (secondary N) is 1. The predicted molar refractivity (Wildman–Crippen MR) is 93.1 cm³/mol. The number of rotatable bonds is 4. The second-order valence-electron chi connectivity index (χ2n) is 4.95. The lowest BCUT2D eigenvalue weighted by Crippen LogP contribution is -2.27. The minimum Gasteiger partial charge on any atom is -0.345 e. The van der Waals surface area contributed by atoms with E-state index in [1.807, 2.05) is 43.3 Å². The monoisotopic (exact) mass is 344 g/mol. The normalized spacial score (nSPS) is 12.3. The molecule has 0 aliphatic heterocycles. The Kier molecular flexibility index (Phi) is 5.81. The lowest BCUT2D eigenvalue weighted by atomic mass is 10.1. The number of carbonyl (C=O) groups excluding carboxylic acids is 1. The van der Waals surface area contributed by atoms with E-state index in [9.17, 15) is 10.1 Å². The van der Waals surface area contributed by atoms with Gasteiger partial charge in [-0.3, -0.25) is 4.79 Å². The van der Waals surface area contributed by atoms with Gasteiger partial charge in [-0.05, 0) is 36.3 Å². The Balaban J connectivity index is 2.17. The lowest BCUT2D eigenvalue weighted by Gasteiger charge is -2.13. The molecule has 0 heterocycles. The third-order valence-electron chi connectivity index (χ3n) is 3.27. The van der Waals surface area contributed by atoms with Crippen molar-refractivity contribution in [3.8, 4) is 6.07 Å². The second kappa shape index (κ2) is 7.82. The number of hydrogen-bond donors (Lipinski definition) is 1. The van der Waals surface area contributed by atoms with E-state index in [-0.39, 0.29) is 11.6 Å². The molecule has 1 atom stereocenters. The van der Waals surface area contributed by atoms with Gasteiger partial charge in [0.05, 0.1) is 16.1 Å². The van der Waals surface area contributed by atoms with Crippen LogP contribution in [0.1, 0.15) is 24.1 Å². The topological polar surface area (TPSA) is 52.9 Å². The number of amides is 1. The van der Waals surface area contributed by atoms with Crippen molar-refractivity contribution in [3.63, 3.8) is 0 Å². The highest BCUT2D eigenvalue weighted by molar-refractivity contribution is 6.42. The Morgan fingerprint density at radius 2 is 1.87 bits per heavy atom. The number of nitrogens with zero attached hydrogens (tertiary/aromatic N) is 1. The Labute approximate surface area is 145 Å². The van der Waals surface area contributed by atoms with Gasteiger partial charge in [-0.25, -0.2) is 0 Å². The van der Waals surface area contributed by atoms with Crippen LogP contribution < -0.4 is 5.32 Å². The Bertz CT molecular complexity index is 779. The summed E-state index contributed by atoms with van der Waals surface area (Å²) in [6, 6.07) is 16.2. The molecule has 5 heteroatoms. The van der Waals surface area contributed by atoms with Crippen molar-refractivity contribution >= 4 is 35.2 Å². The van der Waals surface area contributed by atoms with E-state index in [0.717, 1.165) is 5.56 Å². The van der Waals surface area contributed by atoms with Gasteiger partial charge in [0.1, 0.15) is 11.6 Å². The smallest absolute Gasteiger partial charge is 0.262 e. The highest BCUT2D eigenvalue weighted by Gasteiger charge is 2.13.